The second-order valence-corrected chi connectivity index (χ2v) is 6.77. The van der Waals surface area contributed by atoms with Gasteiger partial charge in [0.2, 0.25) is 0 Å². The lowest BCUT2D eigenvalue weighted by atomic mass is 9.89. The molecule has 0 bridgehead atoms. The van der Waals surface area contributed by atoms with E-state index in [4.69, 9.17) is 4.74 Å². The number of thioether (sulfide) groups is 1. The molecule has 0 aromatic carbocycles. The van der Waals surface area contributed by atoms with Gasteiger partial charge in [0.1, 0.15) is 16.8 Å². The molecule has 5 nitrogen and oxygen atoms in total. The first-order valence-electron chi connectivity index (χ1n) is 5.67. The fourth-order valence-electron chi connectivity index (χ4n) is 1.80. The van der Waals surface area contributed by atoms with Crippen molar-refractivity contribution in [3.05, 3.63) is 6.33 Å². The molecule has 7 heteroatoms. The van der Waals surface area contributed by atoms with Gasteiger partial charge in [0, 0.05) is 12.0 Å². The molecule has 96 valence electrons. The zero-order valence-corrected chi connectivity index (χ0v) is 11.9. The average molecular weight is 282 g/mol. The lowest BCUT2D eigenvalue weighted by Crippen LogP contribution is -2.45. The molecule has 1 saturated heterocycles. The van der Waals surface area contributed by atoms with E-state index in [9.17, 15) is 0 Å². The zero-order valence-electron chi connectivity index (χ0n) is 10.3. The predicted octanol–water partition coefficient (Wildman–Crippen LogP) is 2.26. The normalized spacial score (nSPS) is 17.7. The molecule has 0 radical (unpaired) electrons. The Kier molecular flexibility index (Phi) is 3.13. The van der Waals surface area contributed by atoms with Gasteiger partial charge in [-0.1, -0.05) is 18.7 Å². The van der Waals surface area contributed by atoms with Crippen molar-refractivity contribution in [1.29, 1.82) is 0 Å². The summed E-state index contributed by atoms with van der Waals surface area (Å²) < 4.78 is 7.30. The smallest absolute Gasteiger partial charge is 0.176 e. The van der Waals surface area contributed by atoms with Crippen molar-refractivity contribution in [2.45, 2.75) is 11.3 Å². The summed E-state index contributed by atoms with van der Waals surface area (Å²) in [6.07, 6.45) is 3.58. The van der Waals surface area contributed by atoms with Crippen LogP contribution < -0.4 is 5.32 Å². The van der Waals surface area contributed by atoms with Gasteiger partial charge in [-0.3, -0.25) is 0 Å². The highest BCUT2D eigenvalue weighted by atomic mass is 32.2. The minimum absolute atomic E-state index is 0.226. The molecule has 0 aliphatic carbocycles. The quantitative estimate of drug-likeness (QED) is 0.868. The third kappa shape index (κ3) is 2.17. The highest BCUT2D eigenvalue weighted by Crippen LogP contribution is 2.32. The summed E-state index contributed by atoms with van der Waals surface area (Å²) in [6, 6.07) is 0. The molecule has 1 aliphatic rings. The maximum Gasteiger partial charge on any atom is 0.176 e. The van der Waals surface area contributed by atoms with E-state index in [1.807, 2.05) is 6.26 Å². The van der Waals surface area contributed by atoms with Crippen LogP contribution in [0, 0.1) is 5.41 Å². The Bertz CT molecular complexity index is 567. The van der Waals surface area contributed by atoms with Crippen LogP contribution in [0.1, 0.15) is 6.92 Å². The van der Waals surface area contributed by atoms with Gasteiger partial charge in [-0.2, -0.15) is 0 Å². The summed E-state index contributed by atoms with van der Waals surface area (Å²) in [7, 11) is 0. The van der Waals surface area contributed by atoms with Crippen LogP contribution >= 0.6 is 23.1 Å². The zero-order chi connectivity index (χ0) is 12.6. The van der Waals surface area contributed by atoms with E-state index >= 15 is 0 Å². The molecule has 0 amide bonds. The van der Waals surface area contributed by atoms with Crippen LogP contribution in [0.15, 0.2) is 10.7 Å². The minimum atomic E-state index is 0.226. The topological polar surface area (TPSA) is 59.9 Å². The maximum absolute atomic E-state index is 5.25. The number of aromatic nitrogens is 3. The van der Waals surface area contributed by atoms with Gasteiger partial charge in [0.15, 0.2) is 9.99 Å². The lowest BCUT2D eigenvalue weighted by molar-refractivity contribution is -0.0924. The third-order valence-electron chi connectivity index (χ3n) is 2.93. The molecule has 0 unspecified atom stereocenters. The summed E-state index contributed by atoms with van der Waals surface area (Å²) in [4.78, 5) is 12.9. The monoisotopic (exact) mass is 282 g/mol. The van der Waals surface area contributed by atoms with Crippen molar-refractivity contribution >= 4 is 39.3 Å². The van der Waals surface area contributed by atoms with Crippen molar-refractivity contribution in [3.63, 3.8) is 0 Å². The van der Waals surface area contributed by atoms with Crippen molar-refractivity contribution in [2.24, 2.45) is 5.41 Å². The van der Waals surface area contributed by atoms with Gasteiger partial charge in [-0.25, -0.2) is 15.0 Å². The van der Waals surface area contributed by atoms with Crippen LogP contribution in [0.5, 0.6) is 0 Å². The molecule has 0 saturated carbocycles. The molecule has 1 N–H and O–H groups in total. The summed E-state index contributed by atoms with van der Waals surface area (Å²) >= 11 is 3.27. The number of rotatable bonds is 4. The Hall–Kier alpha value is -0.920. The van der Waals surface area contributed by atoms with Gasteiger partial charge in [-0.05, 0) is 6.26 Å². The Morgan fingerprint density at radius 1 is 1.50 bits per heavy atom. The first-order chi connectivity index (χ1) is 8.70. The summed E-state index contributed by atoms with van der Waals surface area (Å²) in [5.74, 6) is 0.880. The van der Waals surface area contributed by atoms with Crippen LogP contribution in [0.4, 0.5) is 5.82 Å². The fourth-order valence-corrected chi connectivity index (χ4v) is 3.28. The molecule has 1 aliphatic heterocycles. The first-order valence-corrected chi connectivity index (χ1v) is 7.71. The number of nitrogens with one attached hydrogen (secondary N) is 1. The van der Waals surface area contributed by atoms with E-state index in [1.165, 1.54) is 0 Å². The molecular formula is C11H14N4OS2. The second kappa shape index (κ2) is 4.64. The summed E-state index contributed by atoms with van der Waals surface area (Å²) in [5.41, 5.74) is 1.00. The van der Waals surface area contributed by atoms with Crippen molar-refractivity contribution in [1.82, 2.24) is 15.0 Å². The maximum atomic E-state index is 5.25. The van der Waals surface area contributed by atoms with Crippen LogP contribution in [-0.4, -0.2) is 41.0 Å². The largest absolute Gasteiger partial charge is 0.380 e. The number of ether oxygens (including phenoxy) is 1. The van der Waals surface area contributed by atoms with Crippen LogP contribution in [0.3, 0.4) is 0 Å². The van der Waals surface area contributed by atoms with Gasteiger partial charge in [0.05, 0.1) is 13.2 Å². The van der Waals surface area contributed by atoms with E-state index in [1.54, 1.807) is 29.4 Å². The van der Waals surface area contributed by atoms with Crippen LogP contribution in [0.2, 0.25) is 0 Å². The molecule has 0 spiro atoms. The van der Waals surface area contributed by atoms with Crippen LogP contribution in [-0.2, 0) is 4.74 Å². The Labute approximate surface area is 113 Å². The molecule has 3 rings (SSSR count). The van der Waals surface area contributed by atoms with Crippen molar-refractivity contribution in [2.75, 3.05) is 31.3 Å². The van der Waals surface area contributed by atoms with Gasteiger partial charge in [0.25, 0.3) is 0 Å². The first kappa shape index (κ1) is 12.1. The molecule has 18 heavy (non-hydrogen) atoms. The van der Waals surface area contributed by atoms with E-state index in [-0.39, 0.29) is 5.41 Å². The highest BCUT2D eigenvalue weighted by Gasteiger charge is 2.33. The predicted molar refractivity (Wildman–Crippen MR) is 74.4 cm³/mol. The summed E-state index contributed by atoms with van der Waals surface area (Å²) in [6.45, 7) is 4.70. The van der Waals surface area contributed by atoms with Crippen LogP contribution in [0.25, 0.3) is 10.3 Å². The average Bonchev–Trinajstić information content (AvgIpc) is 2.77. The lowest BCUT2D eigenvalue weighted by Gasteiger charge is -2.38. The number of anilines is 1. The van der Waals surface area contributed by atoms with E-state index in [0.29, 0.717) is 0 Å². The number of hydrogen-bond acceptors (Lipinski definition) is 7. The number of nitrogens with zero attached hydrogens (tertiary/aromatic N) is 3. The molecule has 3 heterocycles. The van der Waals surface area contributed by atoms with E-state index < -0.39 is 0 Å². The minimum Gasteiger partial charge on any atom is -0.380 e. The molecular weight excluding hydrogens is 268 g/mol. The summed E-state index contributed by atoms with van der Waals surface area (Å²) in [5, 5.41) is 3.40. The van der Waals surface area contributed by atoms with E-state index in [2.05, 4.69) is 27.2 Å². The van der Waals surface area contributed by atoms with Gasteiger partial charge >= 0.3 is 0 Å². The highest BCUT2D eigenvalue weighted by molar-refractivity contribution is 8.00. The van der Waals surface area contributed by atoms with Gasteiger partial charge < -0.3 is 10.1 Å². The number of hydrogen-bond donors (Lipinski definition) is 1. The van der Waals surface area contributed by atoms with Gasteiger partial charge in [-0.15, -0.1) is 11.3 Å². The Balaban J connectivity index is 1.84. The molecule has 2 aromatic heterocycles. The standard InChI is InChI=1S/C11H14N4OS2/c1-11(4-16-5-11)3-12-8-7-9(14-6-13-8)15-10(17-2)18-7/h6H,3-5H2,1-2H3,(H,12,13,14). The van der Waals surface area contributed by atoms with Crippen molar-refractivity contribution in [3.8, 4) is 0 Å². The number of fused-ring (bicyclic) bond motifs is 1. The second-order valence-electron chi connectivity index (χ2n) is 4.72. The fraction of sp³-hybridized carbons (Fsp3) is 0.545. The SMILES string of the molecule is CSc1nc2ncnc(NCC3(C)COC3)c2s1. The van der Waals surface area contributed by atoms with Crippen molar-refractivity contribution < 1.29 is 4.74 Å². The molecule has 2 aromatic rings. The Morgan fingerprint density at radius 2 is 2.33 bits per heavy atom. The number of thiazole rings is 1. The molecule has 0 atom stereocenters. The third-order valence-corrected chi connectivity index (χ3v) is 4.97. The van der Waals surface area contributed by atoms with E-state index in [0.717, 1.165) is 40.3 Å². The molecule has 1 fully saturated rings. The Morgan fingerprint density at radius 3 is 3.00 bits per heavy atom.